The van der Waals surface area contributed by atoms with Crippen molar-refractivity contribution >= 4 is 17.2 Å². The number of aryl methyl sites for hydroxylation is 1. The van der Waals surface area contributed by atoms with Crippen LogP contribution in [0.25, 0.3) is 0 Å². The molecule has 0 aliphatic heterocycles. The smallest absolute Gasteiger partial charge is 0.260 e. The number of aromatic nitrogens is 1. The highest BCUT2D eigenvalue weighted by atomic mass is 32.1. The van der Waals surface area contributed by atoms with E-state index >= 15 is 0 Å². The maximum Gasteiger partial charge on any atom is 0.260 e. The van der Waals surface area contributed by atoms with Crippen molar-refractivity contribution in [2.24, 2.45) is 5.73 Å². The van der Waals surface area contributed by atoms with Crippen molar-refractivity contribution in [3.63, 3.8) is 0 Å². The predicted molar refractivity (Wildman–Crippen MR) is 52.0 cm³/mol. The first-order valence-electron chi connectivity index (χ1n) is 4.45. The van der Waals surface area contributed by atoms with E-state index in [-0.39, 0.29) is 5.91 Å². The molecule has 1 fully saturated rings. The fourth-order valence-electron chi connectivity index (χ4n) is 1.48. The lowest BCUT2D eigenvalue weighted by Gasteiger charge is -2.22. The Balaban J connectivity index is 2.28. The van der Waals surface area contributed by atoms with Gasteiger partial charge in [0.15, 0.2) is 0 Å². The van der Waals surface area contributed by atoms with Crippen LogP contribution in [0.4, 0.5) is 0 Å². The highest BCUT2D eigenvalue weighted by Gasteiger charge is 2.24. The molecule has 1 aliphatic rings. The van der Waals surface area contributed by atoms with Crippen LogP contribution in [-0.4, -0.2) is 10.9 Å². The lowest BCUT2D eigenvalue weighted by molar-refractivity contribution is 0.100. The van der Waals surface area contributed by atoms with E-state index in [0.717, 1.165) is 10.7 Å². The molecule has 1 aliphatic carbocycles. The van der Waals surface area contributed by atoms with Gasteiger partial charge in [0.05, 0.1) is 10.7 Å². The van der Waals surface area contributed by atoms with Gasteiger partial charge in [0.2, 0.25) is 0 Å². The molecule has 0 radical (unpaired) electrons. The summed E-state index contributed by atoms with van der Waals surface area (Å²) in [5.74, 6) is 0.248. The molecule has 3 nitrogen and oxygen atoms in total. The van der Waals surface area contributed by atoms with Crippen molar-refractivity contribution < 1.29 is 4.79 Å². The summed E-state index contributed by atoms with van der Waals surface area (Å²) in [6.07, 6.45) is 3.71. The third kappa shape index (κ3) is 1.46. The van der Waals surface area contributed by atoms with Crippen LogP contribution < -0.4 is 5.73 Å². The number of nitrogens with zero attached hydrogens (tertiary/aromatic N) is 1. The summed E-state index contributed by atoms with van der Waals surface area (Å²) in [6, 6.07) is 0. The zero-order chi connectivity index (χ0) is 9.42. The summed E-state index contributed by atoms with van der Waals surface area (Å²) >= 11 is 1.47. The molecule has 1 aromatic rings. The number of carbonyl (C=O) groups is 1. The van der Waals surface area contributed by atoms with E-state index in [9.17, 15) is 4.79 Å². The zero-order valence-corrected chi connectivity index (χ0v) is 8.36. The first-order valence-corrected chi connectivity index (χ1v) is 5.27. The third-order valence-corrected chi connectivity index (χ3v) is 3.83. The van der Waals surface area contributed by atoms with E-state index < -0.39 is 0 Å². The van der Waals surface area contributed by atoms with Crippen molar-refractivity contribution in [2.75, 3.05) is 0 Å². The van der Waals surface area contributed by atoms with Gasteiger partial charge in [0, 0.05) is 5.92 Å². The van der Waals surface area contributed by atoms with Crippen LogP contribution in [0.3, 0.4) is 0 Å². The van der Waals surface area contributed by atoms with Gasteiger partial charge in [-0.05, 0) is 19.8 Å². The minimum absolute atomic E-state index is 0.347. The molecule has 0 aromatic carbocycles. The standard InChI is InChI=1S/C9H12N2OS/c1-5-7(8(10)12)13-9(11-5)6-3-2-4-6/h6H,2-4H2,1H3,(H2,10,12). The molecule has 4 heteroatoms. The van der Waals surface area contributed by atoms with Crippen LogP contribution in [0.1, 0.15) is 45.6 Å². The molecule has 70 valence electrons. The van der Waals surface area contributed by atoms with Gasteiger partial charge in [-0.2, -0.15) is 0 Å². The molecule has 2 N–H and O–H groups in total. The first-order chi connectivity index (χ1) is 6.18. The zero-order valence-electron chi connectivity index (χ0n) is 7.54. The minimum Gasteiger partial charge on any atom is -0.365 e. The van der Waals surface area contributed by atoms with E-state index in [1.54, 1.807) is 0 Å². The van der Waals surface area contributed by atoms with Gasteiger partial charge >= 0.3 is 0 Å². The van der Waals surface area contributed by atoms with Crippen LogP contribution in [0.2, 0.25) is 0 Å². The molecule has 0 unspecified atom stereocenters. The number of carbonyl (C=O) groups excluding carboxylic acids is 1. The highest BCUT2D eigenvalue weighted by Crippen LogP contribution is 2.38. The van der Waals surface area contributed by atoms with Crippen LogP contribution in [0.15, 0.2) is 0 Å². The molecule has 1 amide bonds. The summed E-state index contributed by atoms with van der Waals surface area (Å²) < 4.78 is 0. The Morgan fingerprint density at radius 2 is 2.31 bits per heavy atom. The second-order valence-corrected chi connectivity index (χ2v) is 4.49. The Labute approximate surface area is 81.0 Å². The predicted octanol–water partition coefficient (Wildman–Crippen LogP) is 1.82. The maximum atomic E-state index is 11.0. The average Bonchev–Trinajstić information content (AvgIpc) is 2.27. The molecule has 0 atom stereocenters. The van der Waals surface area contributed by atoms with E-state index in [1.807, 2.05) is 6.92 Å². The summed E-state index contributed by atoms with van der Waals surface area (Å²) in [5.41, 5.74) is 6.01. The monoisotopic (exact) mass is 196 g/mol. The Morgan fingerprint density at radius 1 is 1.62 bits per heavy atom. The van der Waals surface area contributed by atoms with E-state index in [0.29, 0.717) is 10.8 Å². The van der Waals surface area contributed by atoms with Gasteiger partial charge in [0.25, 0.3) is 5.91 Å². The van der Waals surface area contributed by atoms with Crippen LogP contribution >= 0.6 is 11.3 Å². The molecular weight excluding hydrogens is 184 g/mol. The number of nitrogens with two attached hydrogens (primary N) is 1. The third-order valence-electron chi connectivity index (χ3n) is 2.49. The molecule has 0 spiro atoms. The molecule has 0 bridgehead atoms. The quantitative estimate of drug-likeness (QED) is 0.784. The van der Waals surface area contributed by atoms with Gasteiger partial charge in [-0.15, -0.1) is 11.3 Å². The minimum atomic E-state index is -0.347. The van der Waals surface area contributed by atoms with E-state index in [4.69, 9.17) is 5.73 Å². The molecule has 1 saturated carbocycles. The fraction of sp³-hybridized carbons (Fsp3) is 0.556. The number of amides is 1. The second kappa shape index (κ2) is 3.10. The molecule has 1 heterocycles. The molecule has 2 rings (SSSR count). The van der Waals surface area contributed by atoms with Crippen LogP contribution in [-0.2, 0) is 0 Å². The Morgan fingerprint density at radius 3 is 2.69 bits per heavy atom. The lowest BCUT2D eigenvalue weighted by atomic mass is 9.86. The Bertz CT molecular complexity index is 341. The molecule has 1 aromatic heterocycles. The molecule has 0 saturated heterocycles. The summed E-state index contributed by atoms with van der Waals surface area (Å²) in [7, 11) is 0. The van der Waals surface area contributed by atoms with Crippen molar-refractivity contribution in [2.45, 2.75) is 32.1 Å². The van der Waals surface area contributed by atoms with Crippen LogP contribution in [0.5, 0.6) is 0 Å². The number of hydrogen-bond donors (Lipinski definition) is 1. The van der Waals surface area contributed by atoms with E-state index in [2.05, 4.69) is 4.98 Å². The van der Waals surface area contributed by atoms with Crippen molar-refractivity contribution in [3.8, 4) is 0 Å². The maximum absolute atomic E-state index is 11.0. The highest BCUT2D eigenvalue weighted by molar-refractivity contribution is 7.13. The SMILES string of the molecule is Cc1nc(C2CCC2)sc1C(N)=O. The van der Waals surface area contributed by atoms with Gasteiger partial charge in [-0.3, -0.25) is 4.79 Å². The molecule has 13 heavy (non-hydrogen) atoms. The average molecular weight is 196 g/mol. The van der Waals surface area contributed by atoms with Crippen molar-refractivity contribution in [1.29, 1.82) is 0 Å². The van der Waals surface area contributed by atoms with Gasteiger partial charge in [-0.1, -0.05) is 6.42 Å². The lowest BCUT2D eigenvalue weighted by Crippen LogP contribution is -2.10. The first kappa shape index (κ1) is 8.69. The number of thiazole rings is 1. The normalized spacial score (nSPS) is 17.0. The van der Waals surface area contributed by atoms with E-state index in [1.165, 1.54) is 30.6 Å². The topological polar surface area (TPSA) is 56.0 Å². The summed E-state index contributed by atoms with van der Waals surface area (Å²) in [5, 5.41) is 1.09. The fourth-order valence-corrected chi connectivity index (χ4v) is 2.56. The molecular formula is C9H12N2OS. The number of primary amides is 1. The van der Waals surface area contributed by atoms with Gasteiger partial charge in [0.1, 0.15) is 4.88 Å². The van der Waals surface area contributed by atoms with Crippen molar-refractivity contribution in [3.05, 3.63) is 15.6 Å². The Kier molecular flexibility index (Phi) is 2.07. The van der Waals surface area contributed by atoms with Gasteiger partial charge < -0.3 is 5.73 Å². The summed E-state index contributed by atoms with van der Waals surface area (Å²) in [6.45, 7) is 1.85. The Hall–Kier alpha value is -0.900. The number of rotatable bonds is 2. The van der Waals surface area contributed by atoms with Crippen molar-refractivity contribution in [1.82, 2.24) is 4.98 Å². The largest absolute Gasteiger partial charge is 0.365 e. The second-order valence-electron chi connectivity index (χ2n) is 3.46. The number of hydrogen-bond acceptors (Lipinski definition) is 3. The van der Waals surface area contributed by atoms with Crippen LogP contribution in [0, 0.1) is 6.92 Å². The summed E-state index contributed by atoms with van der Waals surface area (Å²) in [4.78, 5) is 16.0. The van der Waals surface area contributed by atoms with Gasteiger partial charge in [-0.25, -0.2) is 4.98 Å².